The predicted octanol–water partition coefficient (Wildman–Crippen LogP) is 1.66. The summed E-state index contributed by atoms with van der Waals surface area (Å²) in [6.45, 7) is 3.79. The molecule has 0 saturated carbocycles. The molecule has 0 radical (unpaired) electrons. The molecule has 104 valence electrons. The molecule has 0 unspecified atom stereocenters. The molecule has 0 fully saturated rings. The van der Waals surface area contributed by atoms with E-state index in [1.807, 2.05) is 6.92 Å². The van der Waals surface area contributed by atoms with E-state index in [1.54, 1.807) is 19.1 Å². The molecular formula is C13H18N2O4. The molecule has 1 rings (SSSR count). The maximum Gasteiger partial charge on any atom is 0.273 e. The van der Waals surface area contributed by atoms with Gasteiger partial charge in [-0.3, -0.25) is 14.9 Å². The normalized spacial score (nSPS) is 11.9. The molecule has 1 amide bonds. The fourth-order valence-electron chi connectivity index (χ4n) is 1.67. The SMILES string of the molecule is CCc1ccc(C(=O)NCC[C@@H](C)O)cc1[N+](=O)[O-]. The number of nitro groups is 1. The molecule has 0 saturated heterocycles. The van der Waals surface area contributed by atoms with E-state index < -0.39 is 11.0 Å². The van der Waals surface area contributed by atoms with Crippen LogP contribution >= 0.6 is 0 Å². The molecule has 1 atom stereocenters. The van der Waals surface area contributed by atoms with Gasteiger partial charge in [0.2, 0.25) is 0 Å². The quantitative estimate of drug-likeness (QED) is 0.605. The highest BCUT2D eigenvalue weighted by molar-refractivity contribution is 5.94. The number of aryl methyl sites for hydroxylation is 1. The third-order valence-corrected chi connectivity index (χ3v) is 2.77. The van der Waals surface area contributed by atoms with Crippen molar-refractivity contribution in [1.29, 1.82) is 0 Å². The summed E-state index contributed by atoms with van der Waals surface area (Å²) in [5, 5.41) is 22.6. The molecule has 0 bridgehead atoms. The van der Waals surface area contributed by atoms with Crippen LogP contribution in [0.3, 0.4) is 0 Å². The third-order valence-electron chi connectivity index (χ3n) is 2.77. The molecule has 2 N–H and O–H groups in total. The number of hydrogen-bond acceptors (Lipinski definition) is 4. The zero-order chi connectivity index (χ0) is 14.4. The number of hydrogen-bond donors (Lipinski definition) is 2. The molecule has 1 aromatic rings. The lowest BCUT2D eigenvalue weighted by Crippen LogP contribution is -2.26. The minimum Gasteiger partial charge on any atom is -0.393 e. The van der Waals surface area contributed by atoms with Crippen LogP contribution in [0.15, 0.2) is 18.2 Å². The highest BCUT2D eigenvalue weighted by Gasteiger charge is 2.16. The lowest BCUT2D eigenvalue weighted by atomic mass is 10.1. The molecule has 0 aliphatic heterocycles. The van der Waals surface area contributed by atoms with Crippen molar-refractivity contribution in [2.45, 2.75) is 32.8 Å². The van der Waals surface area contributed by atoms with E-state index in [1.165, 1.54) is 6.07 Å². The van der Waals surface area contributed by atoms with Gasteiger partial charge in [0, 0.05) is 23.7 Å². The van der Waals surface area contributed by atoms with Crippen LogP contribution in [0.5, 0.6) is 0 Å². The largest absolute Gasteiger partial charge is 0.393 e. The summed E-state index contributed by atoms with van der Waals surface area (Å²) in [6.07, 6.45) is 0.498. The molecule has 0 heterocycles. The van der Waals surface area contributed by atoms with Gasteiger partial charge in [-0.1, -0.05) is 13.0 Å². The van der Waals surface area contributed by atoms with Crippen molar-refractivity contribution in [2.75, 3.05) is 6.54 Å². The number of nitrogens with one attached hydrogen (secondary N) is 1. The van der Waals surface area contributed by atoms with Crippen LogP contribution in [-0.4, -0.2) is 28.6 Å². The molecule has 0 aromatic heterocycles. The Kier molecular flexibility index (Phi) is 5.44. The molecule has 6 heteroatoms. The maximum absolute atomic E-state index is 11.8. The van der Waals surface area contributed by atoms with Gasteiger partial charge in [0.15, 0.2) is 0 Å². The Balaban J connectivity index is 2.81. The Morgan fingerprint density at radius 3 is 2.74 bits per heavy atom. The van der Waals surface area contributed by atoms with Gasteiger partial charge in [0.05, 0.1) is 11.0 Å². The first-order valence-corrected chi connectivity index (χ1v) is 6.19. The second-order valence-corrected chi connectivity index (χ2v) is 4.35. The van der Waals surface area contributed by atoms with Crippen LogP contribution in [0.25, 0.3) is 0 Å². The Labute approximate surface area is 111 Å². The van der Waals surface area contributed by atoms with Gasteiger partial charge < -0.3 is 10.4 Å². The minimum atomic E-state index is -0.489. The van der Waals surface area contributed by atoms with Crippen molar-refractivity contribution in [3.05, 3.63) is 39.4 Å². The monoisotopic (exact) mass is 266 g/mol. The van der Waals surface area contributed by atoms with E-state index in [-0.39, 0.29) is 17.2 Å². The Morgan fingerprint density at radius 2 is 2.21 bits per heavy atom. The summed E-state index contributed by atoms with van der Waals surface area (Å²) in [7, 11) is 0. The van der Waals surface area contributed by atoms with Crippen LogP contribution in [0.2, 0.25) is 0 Å². The first-order valence-electron chi connectivity index (χ1n) is 6.19. The second kappa shape index (κ2) is 6.84. The molecule has 0 aliphatic carbocycles. The van der Waals surface area contributed by atoms with Crippen molar-refractivity contribution in [3.8, 4) is 0 Å². The summed E-state index contributed by atoms with van der Waals surface area (Å²) in [6, 6.07) is 4.46. The zero-order valence-corrected chi connectivity index (χ0v) is 11.0. The van der Waals surface area contributed by atoms with Gasteiger partial charge in [-0.05, 0) is 25.8 Å². The van der Waals surface area contributed by atoms with Crippen molar-refractivity contribution in [2.24, 2.45) is 0 Å². The van der Waals surface area contributed by atoms with Gasteiger partial charge in [-0.15, -0.1) is 0 Å². The van der Waals surface area contributed by atoms with Crippen molar-refractivity contribution >= 4 is 11.6 Å². The Hall–Kier alpha value is -1.95. The first-order chi connectivity index (χ1) is 8.95. The standard InChI is InChI=1S/C13H18N2O4/c1-3-10-4-5-11(8-12(10)15(18)19)13(17)14-7-6-9(2)16/h4-5,8-9,16H,3,6-7H2,1-2H3,(H,14,17)/t9-/m1/s1. The zero-order valence-electron chi connectivity index (χ0n) is 11.0. The smallest absolute Gasteiger partial charge is 0.273 e. The molecule has 0 aliphatic rings. The van der Waals surface area contributed by atoms with E-state index in [0.717, 1.165) is 0 Å². The number of nitro benzene ring substituents is 1. The number of nitrogens with zero attached hydrogens (tertiary/aromatic N) is 1. The van der Waals surface area contributed by atoms with Gasteiger partial charge in [-0.2, -0.15) is 0 Å². The number of benzene rings is 1. The van der Waals surface area contributed by atoms with Gasteiger partial charge in [-0.25, -0.2) is 0 Å². The second-order valence-electron chi connectivity index (χ2n) is 4.35. The fraction of sp³-hybridized carbons (Fsp3) is 0.462. The van der Waals surface area contributed by atoms with Gasteiger partial charge in [0.1, 0.15) is 0 Å². The molecule has 6 nitrogen and oxygen atoms in total. The van der Waals surface area contributed by atoms with E-state index in [0.29, 0.717) is 24.9 Å². The molecule has 19 heavy (non-hydrogen) atoms. The number of amides is 1. The highest BCUT2D eigenvalue weighted by atomic mass is 16.6. The number of carbonyl (C=O) groups excluding carboxylic acids is 1. The van der Waals surface area contributed by atoms with Crippen LogP contribution in [0.1, 0.15) is 36.2 Å². The third kappa shape index (κ3) is 4.33. The average molecular weight is 266 g/mol. The van der Waals surface area contributed by atoms with Crippen molar-refractivity contribution in [3.63, 3.8) is 0 Å². The minimum absolute atomic E-state index is 0.0364. The van der Waals surface area contributed by atoms with E-state index in [9.17, 15) is 14.9 Å². The number of carbonyl (C=O) groups is 1. The van der Waals surface area contributed by atoms with Crippen LogP contribution in [-0.2, 0) is 6.42 Å². The Bertz CT molecular complexity index is 472. The number of aliphatic hydroxyl groups is 1. The lowest BCUT2D eigenvalue weighted by molar-refractivity contribution is -0.385. The van der Waals surface area contributed by atoms with Crippen LogP contribution in [0, 0.1) is 10.1 Å². The first kappa shape index (κ1) is 15.1. The Morgan fingerprint density at radius 1 is 1.53 bits per heavy atom. The van der Waals surface area contributed by atoms with Crippen molar-refractivity contribution in [1.82, 2.24) is 5.32 Å². The van der Waals surface area contributed by atoms with E-state index in [2.05, 4.69) is 5.32 Å². The summed E-state index contributed by atoms with van der Waals surface area (Å²) in [4.78, 5) is 22.2. The molecule has 0 spiro atoms. The van der Waals surface area contributed by atoms with Gasteiger partial charge >= 0.3 is 0 Å². The predicted molar refractivity (Wildman–Crippen MR) is 71.1 cm³/mol. The highest BCUT2D eigenvalue weighted by Crippen LogP contribution is 2.20. The molecule has 1 aromatic carbocycles. The topological polar surface area (TPSA) is 92.5 Å². The lowest BCUT2D eigenvalue weighted by Gasteiger charge is -2.07. The maximum atomic E-state index is 11.8. The van der Waals surface area contributed by atoms with E-state index >= 15 is 0 Å². The summed E-state index contributed by atoms with van der Waals surface area (Å²) in [5.41, 5.74) is 0.825. The van der Waals surface area contributed by atoms with Gasteiger partial charge in [0.25, 0.3) is 11.6 Å². The fourth-order valence-corrected chi connectivity index (χ4v) is 1.67. The number of aliphatic hydroxyl groups excluding tert-OH is 1. The van der Waals surface area contributed by atoms with Crippen molar-refractivity contribution < 1.29 is 14.8 Å². The summed E-state index contributed by atoms with van der Waals surface area (Å²) >= 11 is 0. The average Bonchev–Trinajstić information content (AvgIpc) is 2.37. The summed E-state index contributed by atoms with van der Waals surface area (Å²) in [5.74, 6) is -0.369. The summed E-state index contributed by atoms with van der Waals surface area (Å²) < 4.78 is 0. The van der Waals surface area contributed by atoms with E-state index in [4.69, 9.17) is 5.11 Å². The number of rotatable bonds is 6. The van der Waals surface area contributed by atoms with Crippen LogP contribution < -0.4 is 5.32 Å². The van der Waals surface area contributed by atoms with Crippen LogP contribution in [0.4, 0.5) is 5.69 Å². The molecular weight excluding hydrogens is 248 g/mol.